The quantitative estimate of drug-likeness (QED) is 0.887. The molecule has 1 N–H and O–H groups in total. The van der Waals surface area contributed by atoms with Crippen LogP contribution < -0.4 is 5.32 Å². The van der Waals surface area contributed by atoms with Gasteiger partial charge in [0.15, 0.2) is 0 Å². The number of hydrogen-bond donors (Lipinski definition) is 1. The van der Waals surface area contributed by atoms with Gasteiger partial charge in [0.1, 0.15) is 0 Å². The lowest BCUT2D eigenvalue weighted by Crippen LogP contribution is -2.22. The predicted molar refractivity (Wildman–Crippen MR) is 83.6 cm³/mol. The number of pyridine rings is 1. The van der Waals surface area contributed by atoms with E-state index in [0.29, 0.717) is 0 Å². The third kappa shape index (κ3) is 3.35. The molecule has 0 amide bonds. The number of benzene rings is 1. The largest absolute Gasteiger partial charge is 0.306 e. The Morgan fingerprint density at radius 3 is 2.84 bits per heavy atom. The highest BCUT2D eigenvalue weighted by molar-refractivity contribution is 9.10. The maximum atomic E-state index is 6.41. The SMILES string of the molecule is CCNC(c1cncc(C)c1)c1cccc(Br)c1Cl. The summed E-state index contributed by atoms with van der Waals surface area (Å²) < 4.78 is 0.912. The highest BCUT2D eigenvalue weighted by Crippen LogP contribution is 2.33. The van der Waals surface area contributed by atoms with Crippen molar-refractivity contribution in [1.29, 1.82) is 0 Å². The summed E-state index contributed by atoms with van der Waals surface area (Å²) in [5.74, 6) is 0. The highest BCUT2D eigenvalue weighted by Gasteiger charge is 2.17. The van der Waals surface area contributed by atoms with Crippen molar-refractivity contribution in [2.24, 2.45) is 0 Å². The van der Waals surface area contributed by atoms with Crippen LogP contribution in [0.15, 0.2) is 41.1 Å². The van der Waals surface area contributed by atoms with Gasteiger partial charge in [-0.2, -0.15) is 0 Å². The molecule has 100 valence electrons. The van der Waals surface area contributed by atoms with E-state index in [4.69, 9.17) is 11.6 Å². The monoisotopic (exact) mass is 338 g/mol. The first-order valence-electron chi connectivity index (χ1n) is 6.22. The summed E-state index contributed by atoms with van der Waals surface area (Å²) in [5, 5.41) is 4.21. The molecule has 0 aliphatic rings. The zero-order valence-corrected chi connectivity index (χ0v) is 13.3. The number of rotatable bonds is 4. The Labute approximate surface area is 127 Å². The standard InChI is InChI=1S/C15H16BrClN2/c1-3-19-15(11-7-10(2)8-18-9-11)12-5-4-6-13(16)14(12)17/h4-9,15,19H,3H2,1-2H3. The van der Waals surface area contributed by atoms with E-state index >= 15 is 0 Å². The molecule has 2 nitrogen and oxygen atoms in total. The number of aryl methyl sites for hydroxylation is 1. The second-order valence-electron chi connectivity index (χ2n) is 4.43. The first-order valence-corrected chi connectivity index (χ1v) is 7.39. The molecule has 0 saturated carbocycles. The maximum Gasteiger partial charge on any atom is 0.0607 e. The van der Waals surface area contributed by atoms with Crippen molar-refractivity contribution in [3.8, 4) is 0 Å². The maximum absolute atomic E-state index is 6.41. The van der Waals surface area contributed by atoms with Crippen LogP contribution in [0.1, 0.15) is 29.7 Å². The van der Waals surface area contributed by atoms with Crippen LogP contribution in [0.25, 0.3) is 0 Å². The third-order valence-corrected chi connectivity index (χ3v) is 4.24. The van der Waals surface area contributed by atoms with E-state index in [0.717, 1.165) is 32.7 Å². The Bertz CT molecular complexity index is 572. The van der Waals surface area contributed by atoms with Crippen LogP contribution in [0, 0.1) is 6.92 Å². The van der Waals surface area contributed by atoms with E-state index in [1.165, 1.54) is 0 Å². The van der Waals surface area contributed by atoms with E-state index in [-0.39, 0.29) is 6.04 Å². The Hall–Kier alpha value is -0.900. The van der Waals surface area contributed by atoms with Crippen molar-refractivity contribution >= 4 is 27.5 Å². The Morgan fingerprint density at radius 2 is 2.16 bits per heavy atom. The normalized spacial score (nSPS) is 12.4. The zero-order chi connectivity index (χ0) is 13.8. The fraction of sp³-hybridized carbons (Fsp3) is 0.267. The lowest BCUT2D eigenvalue weighted by atomic mass is 9.99. The highest BCUT2D eigenvalue weighted by atomic mass is 79.9. The van der Waals surface area contributed by atoms with Gasteiger partial charge >= 0.3 is 0 Å². The molecule has 0 aliphatic heterocycles. The Morgan fingerprint density at radius 1 is 1.37 bits per heavy atom. The predicted octanol–water partition coefficient (Wildman–Crippen LogP) is 4.50. The molecule has 0 spiro atoms. The molecule has 1 heterocycles. The summed E-state index contributed by atoms with van der Waals surface area (Å²) in [6, 6.07) is 8.19. The Balaban J connectivity index is 2.48. The average Bonchev–Trinajstić information content (AvgIpc) is 2.40. The van der Waals surface area contributed by atoms with Gasteiger partial charge in [-0.1, -0.05) is 36.7 Å². The molecule has 2 rings (SSSR count). The van der Waals surface area contributed by atoms with Crippen LogP contribution in [0.5, 0.6) is 0 Å². The molecule has 0 saturated heterocycles. The van der Waals surface area contributed by atoms with Gasteiger partial charge in [-0.05, 0) is 52.2 Å². The minimum absolute atomic E-state index is 0.0578. The molecular weight excluding hydrogens is 324 g/mol. The number of nitrogens with zero attached hydrogens (tertiary/aromatic N) is 1. The summed E-state index contributed by atoms with van der Waals surface area (Å²) in [6.45, 7) is 4.99. The van der Waals surface area contributed by atoms with Crippen molar-refractivity contribution in [3.63, 3.8) is 0 Å². The minimum atomic E-state index is 0.0578. The van der Waals surface area contributed by atoms with Gasteiger partial charge < -0.3 is 5.32 Å². The van der Waals surface area contributed by atoms with Gasteiger partial charge in [0.2, 0.25) is 0 Å². The summed E-state index contributed by atoms with van der Waals surface area (Å²) in [7, 11) is 0. The van der Waals surface area contributed by atoms with Crippen LogP contribution in [-0.2, 0) is 0 Å². The van der Waals surface area contributed by atoms with E-state index < -0.39 is 0 Å². The third-order valence-electron chi connectivity index (χ3n) is 2.93. The second kappa shape index (κ2) is 6.51. The van der Waals surface area contributed by atoms with Crippen molar-refractivity contribution in [3.05, 3.63) is 62.8 Å². The van der Waals surface area contributed by atoms with Crippen molar-refractivity contribution < 1.29 is 0 Å². The summed E-state index contributed by atoms with van der Waals surface area (Å²) in [5.41, 5.74) is 3.33. The van der Waals surface area contributed by atoms with Crippen molar-refractivity contribution in [1.82, 2.24) is 10.3 Å². The second-order valence-corrected chi connectivity index (χ2v) is 5.66. The number of nitrogens with one attached hydrogen (secondary N) is 1. The minimum Gasteiger partial charge on any atom is -0.306 e. The number of aromatic nitrogens is 1. The fourth-order valence-electron chi connectivity index (χ4n) is 2.09. The van der Waals surface area contributed by atoms with Crippen molar-refractivity contribution in [2.75, 3.05) is 6.54 Å². The molecule has 0 radical (unpaired) electrons. The average molecular weight is 340 g/mol. The van der Waals surface area contributed by atoms with Crippen LogP contribution in [0.3, 0.4) is 0 Å². The molecule has 2 aromatic rings. The molecule has 1 aromatic carbocycles. The van der Waals surface area contributed by atoms with Crippen LogP contribution in [0.2, 0.25) is 5.02 Å². The summed E-state index contributed by atoms with van der Waals surface area (Å²) in [6.07, 6.45) is 3.74. The number of hydrogen-bond acceptors (Lipinski definition) is 2. The summed E-state index contributed by atoms with van der Waals surface area (Å²) in [4.78, 5) is 4.27. The Kier molecular flexibility index (Phi) is 4.97. The molecule has 1 unspecified atom stereocenters. The molecule has 1 atom stereocenters. The number of halogens is 2. The van der Waals surface area contributed by atoms with Crippen LogP contribution >= 0.6 is 27.5 Å². The van der Waals surface area contributed by atoms with E-state index in [1.54, 1.807) is 0 Å². The van der Waals surface area contributed by atoms with E-state index in [2.05, 4.69) is 39.2 Å². The lowest BCUT2D eigenvalue weighted by molar-refractivity contribution is 0.628. The van der Waals surface area contributed by atoms with E-state index in [9.17, 15) is 0 Å². The van der Waals surface area contributed by atoms with E-state index in [1.807, 2.05) is 37.5 Å². The molecule has 0 aliphatic carbocycles. The molecule has 0 fully saturated rings. The topological polar surface area (TPSA) is 24.9 Å². The first-order chi connectivity index (χ1) is 9.13. The van der Waals surface area contributed by atoms with Gasteiger partial charge in [-0.25, -0.2) is 0 Å². The van der Waals surface area contributed by atoms with Gasteiger partial charge in [0, 0.05) is 16.9 Å². The smallest absolute Gasteiger partial charge is 0.0607 e. The molecule has 1 aromatic heterocycles. The zero-order valence-electron chi connectivity index (χ0n) is 11.0. The molecule has 19 heavy (non-hydrogen) atoms. The van der Waals surface area contributed by atoms with Gasteiger partial charge in [0.25, 0.3) is 0 Å². The molecule has 0 bridgehead atoms. The summed E-state index contributed by atoms with van der Waals surface area (Å²) >= 11 is 9.88. The van der Waals surface area contributed by atoms with Crippen molar-refractivity contribution in [2.45, 2.75) is 19.9 Å². The van der Waals surface area contributed by atoms with Crippen LogP contribution in [-0.4, -0.2) is 11.5 Å². The fourth-order valence-corrected chi connectivity index (χ4v) is 2.71. The van der Waals surface area contributed by atoms with Gasteiger partial charge in [-0.3, -0.25) is 4.98 Å². The molecule has 4 heteroatoms. The first kappa shape index (κ1) is 14.5. The van der Waals surface area contributed by atoms with Crippen LogP contribution in [0.4, 0.5) is 0 Å². The molecular formula is C15H16BrClN2. The van der Waals surface area contributed by atoms with Gasteiger partial charge in [-0.15, -0.1) is 0 Å². The lowest BCUT2D eigenvalue weighted by Gasteiger charge is -2.20. The van der Waals surface area contributed by atoms with Gasteiger partial charge in [0.05, 0.1) is 11.1 Å².